The molecule has 1 N–H and O–H groups in total. The Bertz CT molecular complexity index is 941. The number of carbonyl (C=O) groups is 1. The van der Waals surface area contributed by atoms with E-state index in [0.29, 0.717) is 18.7 Å². The molecule has 0 atom stereocenters. The Labute approximate surface area is 159 Å². The quantitative estimate of drug-likeness (QED) is 0.781. The number of amides is 1. The maximum atomic E-state index is 13.7. The number of benzene rings is 2. The number of rotatable bonds is 7. The van der Waals surface area contributed by atoms with Crippen LogP contribution in [0, 0.1) is 12.7 Å². The van der Waals surface area contributed by atoms with E-state index >= 15 is 0 Å². The fourth-order valence-electron chi connectivity index (χ4n) is 2.60. The first-order valence-corrected chi connectivity index (χ1v) is 9.94. The molecule has 0 spiro atoms. The summed E-state index contributed by atoms with van der Waals surface area (Å²) in [6, 6.07) is 8.50. The number of aryl methyl sites for hydroxylation is 1. The minimum atomic E-state index is -3.82. The van der Waals surface area contributed by atoms with Gasteiger partial charge in [0.05, 0.1) is 7.11 Å². The van der Waals surface area contributed by atoms with E-state index in [0.717, 1.165) is 0 Å². The first kappa shape index (κ1) is 20.9. The van der Waals surface area contributed by atoms with E-state index in [4.69, 9.17) is 4.74 Å². The van der Waals surface area contributed by atoms with Crippen LogP contribution in [0.4, 0.5) is 10.1 Å². The van der Waals surface area contributed by atoms with Crippen LogP contribution in [0.1, 0.15) is 29.8 Å². The number of hydrogen-bond donors (Lipinski definition) is 1. The van der Waals surface area contributed by atoms with Crippen LogP contribution in [0.5, 0.6) is 5.75 Å². The topological polar surface area (TPSA) is 75.7 Å². The second kappa shape index (κ2) is 8.49. The van der Waals surface area contributed by atoms with Crippen molar-refractivity contribution in [3.8, 4) is 5.75 Å². The van der Waals surface area contributed by atoms with Gasteiger partial charge in [0.1, 0.15) is 16.5 Å². The van der Waals surface area contributed by atoms with E-state index in [9.17, 15) is 17.6 Å². The van der Waals surface area contributed by atoms with Gasteiger partial charge in [0.2, 0.25) is 10.0 Å². The van der Waals surface area contributed by atoms with Gasteiger partial charge in [-0.2, -0.15) is 4.31 Å². The third-order valence-electron chi connectivity index (χ3n) is 4.18. The predicted octanol–water partition coefficient (Wildman–Crippen LogP) is 3.43. The van der Waals surface area contributed by atoms with Crippen LogP contribution in [-0.2, 0) is 10.0 Å². The van der Waals surface area contributed by atoms with Gasteiger partial charge in [-0.15, -0.1) is 0 Å². The van der Waals surface area contributed by atoms with Gasteiger partial charge in [-0.05, 0) is 42.8 Å². The normalized spacial score (nSPS) is 11.5. The molecule has 0 aromatic heterocycles. The molecule has 0 aliphatic heterocycles. The van der Waals surface area contributed by atoms with Gasteiger partial charge >= 0.3 is 0 Å². The number of nitrogens with one attached hydrogen (secondary N) is 1. The van der Waals surface area contributed by atoms with E-state index in [-0.39, 0.29) is 21.9 Å². The molecule has 0 unspecified atom stereocenters. The molecule has 0 saturated carbocycles. The van der Waals surface area contributed by atoms with E-state index in [1.165, 1.54) is 35.7 Å². The van der Waals surface area contributed by atoms with Crippen molar-refractivity contribution in [3.63, 3.8) is 0 Å². The Kier molecular flexibility index (Phi) is 6.56. The van der Waals surface area contributed by atoms with Crippen LogP contribution in [0.2, 0.25) is 0 Å². The summed E-state index contributed by atoms with van der Waals surface area (Å²) in [4.78, 5) is 12.4. The standard InChI is InChI=1S/C19H23FN2O4S/c1-5-22(6-2)27(24,25)18-11-14(8-10-17(18)26-4)19(23)21-15-9-7-13(3)16(20)12-15/h7-12H,5-6H2,1-4H3,(H,21,23). The number of methoxy groups -OCH3 is 1. The van der Waals surface area contributed by atoms with Crippen LogP contribution in [0.3, 0.4) is 0 Å². The smallest absolute Gasteiger partial charge is 0.255 e. The zero-order valence-corrected chi connectivity index (χ0v) is 16.6. The summed E-state index contributed by atoms with van der Waals surface area (Å²) in [5.74, 6) is -0.830. The summed E-state index contributed by atoms with van der Waals surface area (Å²) < 4.78 is 45.8. The molecule has 27 heavy (non-hydrogen) atoms. The molecule has 0 heterocycles. The fourth-order valence-corrected chi connectivity index (χ4v) is 4.24. The summed E-state index contributed by atoms with van der Waals surface area (Å²) in [6.07, 6.45) is 0. The zero-order valence-electron chi connectivity index (χ0n) is 15.7. The lowest BCUT2D eigenvalue weighted by atomic mass is 10.2. The Morgan fingerprint density at radius 1 is 1.15 bits per heavy atom. The zero-order chi connectivity index (χ0) is 20.2. The van der Waals surface area contributed by atoms with Gasteiger partial charge in [-0.25, -0.2) is 12.8 Å². The number of nitrogens with zero attached hydrogens (tertiary/aromatic N) is 1. The van der Waals surface area contributed by atoms with Crippen molar-refractivity contribution in [2.75, 3.05) is 25.5 Å². The van der Waals surface area contributed by atoms with Gasteiger partial charge < -0.3 is 10.1 Å². The van der Waals surface area contributed by atoms with E-state index in [1.54, 1.807) is 32.9 Å². The van der Waals surface area contributed by atoms with Crippen molar-refractivity contribution < 1.29 is 22.3 Å². The molecule has 8 heteroatoms. The van der Waals surface area contributed by atoms with Crippen molar-refractivity contribution >= 4 is 21.6 Å². The first-order valence-electron chi connectivity index (χ1n) is 8.50. The highest BCUT2D eigenvalue weighted by atomic mass is 32.2. The van der Waals surface area contributed by atoms with Crippen LogP contribution in [0.15, 0.2) is 41.3 Å². The average Bonchev–Trinajstić information content (AvgIpc) is 2.65. The summed E-state index contributed by atoms with van der Waals surface area (Å²) >= 11 is 0. The molecule has 0 fully saturated rings. The molecular weight excluding hydrogens is 371 g/mol. The minimum absolute atomic E-state index is 0.0866. The van der Waals surface area contributed by atoms with E-state index < -0.39 is 21.7 Å². The molecule has 146 valence electrons. The summed E-state index contributed by atoms with van der Waals surface area (Å²) in [5, 5.41) is 2.57. The molecule has 2 aromatic carbocycles. The highest BCUT2D eigenvalue weighted by molar-refractivity contribution is 7.89. The molecule has 0 saturated heterocycles. The molecule has 2 rings (SSSR count). The monoisotopic (exact) mass is 394 g/mol. The van der Waals surface area contributed by atoms with Crippen LogP contribution in [-0.4, -0.2) is 38.8 Å². The lowest BCUT2D eigenvalue weighted by Crippen LogP contribution is -2.31. The van der Waals surface area contributed by atoms with Crippen LogP contribution >= 0.6 is 0 Å². The van der Waals surface area contributed by atoms with Crippen molar-refractivity contribution in [3.05, 3.63) is 53.3 Å². The van der Waals surface area contributed by atoms with Gasteiger partial charge in [0, 0.05) is 24.3 Å². The number of halogens is 1. The number of carbonyl (C=O) groups excluding carboxylic acids is 1. The molecule has 0 aliphatic carbocycles. The molecule has 2 aromatic rings. The largest absolute Gasteiger partial charge is 0.495 e. The predicted molar refractivity (Wildman–Crippen MR) is 102 cm³/mol. The third-order valence-corrected chi connectivity index (χ3v) is 6.25. The number of ether oxygens (including phenoxy) is 1. The Morgan fingerprint density at radius 2 is 1.81 bits per heavy atom. The van der Waals surface area contributed by atoms with Crippen LogP contribution in [0.25, 0.3) is 0 Å². The Morgan fingerprint density at radius 3 is 2.37 bits per heavy atom. The van der Waals surface area contributed by atoms with E-state index in [1.807, 2.05) is 0 Å². The van der Waals surface area contributed by atoms with E-state index in [2.05, 4.69) is 5.32 Å². The van der Waals surface area contributed by atoms with Crippen molar-refractivity contribution in [1.29, 1.82) is 0 Å². The number of sulfonamides is 1. The minimum Gasteiger partial charge on any atom is -0.495 e. The lowest BCUT2D eigenvalue weighted by molar-refractivity contribution is 0.102. The molecule has 1 amide bonds. The molecule has 0 radical (unpaired) electrons. The second-order valence-corrected chi connectivity index (χ2v) is 7.78. The maximum absolute atomic E-state index is 13.7. The summed E-state index contributed by atoms with van der Waals surface area (Å²) in [5.41, 5.74) is 0.875. The van der Waals surface area contributed by atoms with Crippen molar-refractivity contribution in [2.45, 2.75) is 25.7 Å². The van der Waals surface area contributed by atoms with Gasteiger partial charge in [0.15, 0.2) is 0 Å². The molecule has 6 nitrogen and oxygen atoms in total. The van der Waals surface area contributed by atoms with Crippen molar-refractivity contribution in [2.24, 2.45) is 0 Å². The first-order chi connectivity index (χ1) is 12.7. The summed E-state index contributed by atoms with van der Waals surface area (Å²) in [7, 11) is -2.45. The number of anilines is 1. The highest BCUT2D eigenvalue weighted by Gasteiger charge is 2.26. The highest BCUT2D eigenvalue weighted by Crippen LogP contribution is 2.28. The molecule has 0 bridgehead atoms. The van der Waals surface area contributed by atoms with Gasteiger partial charge in [-0.3, -0.25) is 4.79 Å². The Hall–Kier alpha value is -2.45. The summed E-state index contributed by atoms with van der Waals surface area (Å²) in [6.45, 7) is 5.67. The van der Waals surface area contributed by atoms with Gasteiger partial charge in [-0.1, -0.05) is 19.9 Å². The lowest BCUT2D eigenvalue weighted by Gasteiger charge is -2.20. The number of hydrogen-bond acceptors (Lipinski definition) is 4. The third kappa shape index (κ3) is 4.45. The van der Waals surface area contributed by atoms with Crippen LogP contribution < -0.4 is 10.1 Å². The second-order valence-electron chi connectivity index (χ2n) is 5.87. The fraction of sp³-hybridized carbons (Fsp3) is 0.316. The molecular formula is C19H23FN2O4S. The Balaban J connectivity index is 2.41. The average molecular weight is 394 g/mol. The maximum Gasteiger partial charge on any atom is 0.255 e. The SMILES string of the molecule is CCN(CC)S(=O)(=O)c1cc(C(=O)Nc2ccc(C)c(F)c2)ccc1OC. The molecule has 0 aliphatic rings. The van der Waals surface area contributed by atoms with Gasteiger partial charge in [0.25, 0.3) is 5.91 Å². The van der Waals surface area contributed by atoms with Crippen molar-refractivity contribution in [1.82, 2.24) is 4.31 Å².